The van der Waals surface area contributed by atoms with Crippen LogP contribution in [-0.4, -0.2) is 39.3 Å². The standard InChI is InChI=1S/C20H30O5/c1-2-3-6-9-15(21)12-13-17-16(18(22)14-19(17)23)10-7-4-5-8-11-20(24)25/h3-4,6-7,12-13,15-17,19,21,23H,2,5,8-11,14H2,1H3,(H,24,25)/b6-3+,7-4-,13-12+/t15-,16+,17-,19+/m0/s1. The number of ketones is 1. The SMILES string of the molecule is CC/C=C/C[C@H](O)/C=C/[C@@H]1[C@H](O)CC(=O)[C@@H]1C/C=C\CCCC(=O)O. The summed E-state index contributed by atoms with van der Waals surface area (Å²) >= 11 is 0. The van der Waals surface area contributed by atoms with Gasteiger partial charge in [-0.1, -0.05) is 43.4 Å². The number of carbonyl (C=O) groups is 2. The third-order valence-corrected chi connectivity index (χ3v) is 4.39. The van der Waals surface area contributed by atoms with Crippen LogP contribution in [0.3, 0.4) is 0 Å². The maximum atomic E-state index is 12.1. The Bertz CT molecular complexity index is 506. The zero-order chi connectivity index (χ0) is 18.7. The maximum absolute atomic E-state index is 12.1. The summed E-state index contributed by atoms with van der Waals surface area (Å²) in [7, 11) is 0. The van der Waals surface area contributed by atoms with Crippen LogP contribution in [0.1, 0.15) is 51.9 Å². The molecular weight excluding hydrogens is 320 g/mol. The van der Waals surface area contributed by atoms with Crippen molar-refractivity contribution in [2.45, 2.75) is 64.1 Å². The second-order valence-electron chi connectivity index (χ2n) is 6.48. The van der Waals surface area contributed by atoms with E-state index in [1.807, 2.05) is 31.2 Å². The Morgan fingerprint density at radius 2 is 2.04 bits per heavy atom. The van der Waals surface area contributed by atoms with Crippen molar-refractivity contribution in [1.82, 2.24) is 0 Å². The van der Waals surface area contributed by atoms with E-state index in [-0.39, 0.29) is 30.5 Å². The van der Waals surface area contributed by atoms with Gasteiger partial charge in [-0.15, -0.1) is 0 Å². The quantitative estimate of drug-likeness (QED) is 0.393. The molecular formula is C20H30O5. The van der Waals surface area contributed by atoms with E-state index >= 15 is 0 Å². The average molecular weight is 350 g/mol. The van der Waals surface area contributed by atoms with Gasteiger partial charge >= 0.3 is 5.97 Å². The Morgan fingerprint density at radius 3 is 2.72 bits per heavy atom. The van der Waals surface area contributed by atoms with Gasteiger partial charge in [-0.05, 0) is 32.1 Å². The summed E-state index contributed by atoms with van der Waals surface area (Å²) in [4.78, 5) is 22.5. The fourth-order valence-corrected chi connectivity index (χ4v) is 3.00. The highest BCUT2D eigenvalue weighted by atomic mass is 16.4. The molecule has 1 fully saturated rings. The van der Waals surface area contributed by atoms with Crippen LogP contribution in [0.4, 0.5) is 0 Å². The average Bonchev–Trinajstić information content (AvgIpc) is 2.82. The van der Waals surface area contributed by atoms with Gasteiger partial charge in [-0.3, -0.25) is 9.59 Å². The molecule has 1 aliphatic rings. The van der Waals surface area contributed by atoms with Gasteiger partial charge in [-0.25, -0.2) is 0 Å². The Kier molecular flexibility index (Phi) is 10.0. The second kappa shape index (κ2) is 11.8. The zero-order valence-corrected chi connectivity index (χ0v) is 14.9. The van der Waals surface area contributed by atoms with Crippen LogP contribution in [0.2, 0.25) is 0 Å². The molecule has 0 bridgehead atoms. The van der Waals surface area contributed by atoms with E-state index in [4.69, 9.17) is 5.11 Å². The fraction of sp³-hybridized carbons (Fsp3) is 0.600. The molecule has 4 atom stereocenters. The van der Waals surface area contributed by atoms with Crippen molar-refractivity contribution in [3.63, 3.8) is 0 Å². The summed E-state index contributed by atoms with van der Waals surface area (Å²) in [6.07, 6.45) is 13.3. The summed E-state index contributed by atoms with van der Waals surface area (Å²) in [5, 5.41) is 28.6. The van der Waals surface area contributed by atoms with Crippen molar-refractivity contribution in [3.05, 3.63) is 36.5 Å². The number of aliphatic carboxylic acids is 1. The molecule has 1 aliphatic carbocycles. The highest BCUT2D eigenvalue weighted by molar-refractivity contribution is 5.84. The normalized spacial score (nSPS) is 25.6. The first kappa shape index (κ1) is 21.3. The van der Waals surface area contributed by atoms with Crippen LogP contribution in [0.25, 0.3) is 0 Å². The number of carboxylic acids is 1. The summed E-state index contributed by atoms with van der Waals surface area (Å²) in [6.45, 7) is 2.03. The van der Waals surface area contributed by atoms with Gasteiger partial charge in [0.2, 0.25) is 0 Å². The van der Waals surface area contributed by atoms with E-state index in [9.17, 15) is 19.8 Å². The second-order valence-corrected chi connectivity index (χ2v) is 6.48. The van der Waals surface area contributed by atoms with Crippen molar-refractivity contribution in [2.75, 3.05) is 0 Å². The van der Waals surface area contributed by atoms with E-state index in [0.29, 0.717) is 25.7 Å². The third-order valence-electron chi connectivity index (χ3n) is 4.39. The van der Waals surface area contributed by atoms with Crippen LogP contribution in [0.15, 0.2) is 36.5 Å². The number of carbonyl (C=O) groups excluding carboxylic acids is 1. The van der Waals surface area contributed by atoms with Crippen molar-refractivity contribution in [3.8, 4) is 0 Å². The minimum atomic E-state index is -0.806. The van der Waals surface area contributed by atoms with Gasteiger partial charge < -0.3 is 15.3 Å². The van der Waals surface area contributed by atoms with Gasteiger partial charge in [0.15, 0.2) is 0 Å². The third kappa shape index (κ3) is 8.27. The monoisotopic (exact) mass is 350 g/mol. The largest absolute Gasteiger partial charge is 0.481 e. The molecule has 1 rings (SSSR count). The van der Waals surface area contributed by atoms with Crippen LogP contribution in [0, 0.1) is 11.8 Å². The first-order valence-corrected chi connectivity index (χ1v) is 9.04. The number of unbranched alkanes of at least 4 members (excludes halogenated alkanes) is 1. The highest BCUT2D eigenvalue weighted by Gasteiger charge is 2.39. The molecule has 5 nitrogen and oxygen atoms in total. The summed E-state index contributed by atoms with van der Waals surface area (Å²) < 4.78 is 0. The van der Waals surface area contributed by atoms with Crippen LogP contribution < -0.4 is 0 Å². The smallest absolute Gasteiger partial charge is 0.303 e. The molecule has 0 aromatic carbocycles. The molecule has 0 unspecified atom stereocenters. The lowest BCUT2D eigenvalue weighted by atomic mass is 9.90. The summed E-state index contributed by atoms with van der Waals surface area (Å²) in [6, 6.07) is 0. The fourth-order valence-electron chi connectivity index (χ4n) is 3.00. The molecule has 0 radical (unpaired) electrons. The van der Waals surface area contributed by atoms with Crippen LogP contribution in [-0.2, 0) is 9.59 Å². The number of aliphatic hydroxyl groups is 2. The Balaban J connectivity index is 2.52. The highest BCUT2D eigenvalue weighted by Crippen LogP contribution is 2.33. The lowest BCUT2D eigenvalue weighted by Crippen LogP contribution is -2.18. The number of hydrogen-bond donors (Lipinski definition) is 3. The van der Waals surface area contributed by atoms with Gasteiger partial charge in [-0.2, -0.15) is 0 Å². The van der Waals surface area contributed by atoms with Crippen molar-refractivity contribution in [1.29, 1.82) is 0 Å². The van der Waals surface area contributed by atoms with Crippen LogP contribution >= 0.6 is 0 Å². The minimum Gasteiger partial charge on any atom is -0.481 e. The molecule has 0 aromatic rings. The van der Waals surface area contributed by atoms with Gasteiger partial charge in [0.1, 0.15) is 5.78 Å². The predicted octanol–water partition coefficient (Wildman–Crippen LogP) is 3.03. The molecule has 3 N–H and O–H groups in total. The predicted molar refractivity (Wildman–Crippen MR) is 97.0 cm³/mol. The zero-order valence-electron chi connectivity index (χ0n) is 14.9. The number of allylic oxidation sites excluding steroid dienone is 3. The van der Waals surface area contributed by atoms with Gasteiger partial charge in [0.05, 0.1) is 12.2 Å². The van der Waals surface area contributed by atoms with Crippen molar-refractivity contribution in [2.24, 2.45) is 11.8 Å². The lowest BCUT2D eigenvalue weighted by Gasteiger charge is -2.16. The van der Waals surface area contributed by atoms with Crippen molar-refractivity contribution < 1.29 is 24.9 Å². The van der Waals surface area contributed by atoms with E-state index in [1.165, 1.54) is 0 Å². The Morgan fingerprint density at radius 1 is 1.28 bits per heavy atom. The molecule has 0 saturated heterocycles. The first-order chi connectivity index (χ1) is 12.0. The molecule has 5 heteroatoms. The Labute approximate surface area is 149 Å². The summed E-state index contributed by atoms with van der Waals surface area (Å²) in [5.74, 6) is -1.32. The van der Waals surface area contributed by atoms with Crippen LogP contribution in [0.5, 0.6) is 0 Å². The summed E-state index contributed by atoms with van der Waals surface area (Å²) in [5.41, 5.74) is 0. The van der Waals surface area contributed by atoms with Crippen molar-refractivity contribution >= 4 is 11.8 Å². The molecule has 0 amide bonds. The van der Waals surface area contributed by atoms with E-state index in [0.717, 1.165) is 6.42 Å². The first-order valence-electron chi connectivity index (χ1n) is 9.04. The molecule has 140 valence electrons. The van der Waals surface area contributed by atoms with E-state index < -0.39 is 18.2 Å². The molecule has 0 heterocycles. The number of Topliss-reactive ketones (excluding diaryl/α,β-unsaturated/α-hetero) is 1. The number of aliphatic hydroxyl groups excluding tert-OH is 2. The van der Waals surface area contributed by atoms with Gasteiger partial charge in [0.25, 0.3) is 0 Å². The minimum absolute atomic E-state index is 0.0395. The Hall–Kier alpha value is -1.72. The van der Waals surface area contributed by atoms with E-state index in [1.54, 1.807) is 12.2 Å². The molecule has 0 aliphatic heterocycles. The topological polar surface area (TPSA) is 94.8 Å². The maximum Gasteiger partial charge on any atom is 0.303 e. The molecule has 1 saturated carbocycles. The molecule has 25 heavy (non-hydrogen) atoms. The molecule has 0 spiro atoms. The number of hydrogen-bond acceptors (Lipinski definition) is 4. The number of carboxylic acid groups (broad SMARTS) is 1. The van der Waals surface area contributed by atoms with E-state index in [2.05, 4.69) is 0 Å². The van der Waals surface area contributed by atoms with Gasteiger partial charge in [0, 0.05) is 24.7 Å². The lowest BCUT2D eigenvalue weighted by molar-refractivity contribution is -0.137. The molecule has 0 aromatic heterocycles. The number of rotatable bonds is 11.